The van der Waals surface area contributed by atoms with Crippen molar-refractivity contribution in [3.05, 3.63) is 22.7 Å². The number of nitrogens with one attached hydrogen (secondary N) is 1. The molecule has 1 aromatic carbocycles. The van der Waals surface area contributed by atoms with Gasteiger partial charge in [-0.3, -0.25) is 0 Å². The molecule has 1 N–H and O–H groups in total. The monoisotopic (exact) mass is 341 g/mol. The van der Waals surface area contributed by atoms with Crippen LogP contribution >= 0.6 is 27.3 Å². The molecule has 0 radical (unpaired) electrons. The first kappa shape index (κ1) is 14.8. The van der Waals surface area contributed by atoms with Crippen molar-refractivity contribution in [3.63, 3.8) is 0 Å². The maximum absolute atomic E-state index is 4.59. The fourth-order valence-corrected chi connectivity index (χ4v) is 2.98. The Labute approximate surface area is 127 Å². The number of aromatic nitrogens is 1. The zero-order chi connectivity index (χ0) is 13.8. The van der Waals surface area contributed by atoms with Gasteiger partial charge in [-0.1, -0.05) is 27.3 Å². The third kappa shape index (κ3) is 4.16. The second kappa shape index (κ2) is 6.68. The summed E-state index contributed by atoms with van der Waals surface area (Å²) in [7, 11) is 2.17. The van der Waals surface area contributed by atoms with E-state index >= 15 is 0 Å². The summed E-state index contributed by atoms with van der Waals surface area (Å²) in [5.74, 6) is 0. The molecule has 1 aromatic heterocycles. The van der Waals surface area contributed by atoms with Gasteiger partial charge in [-0.25, -0.2) is 4.98 Å². The van der Waals surface area contributed by atoms with Crippen LogP contribution in [0, 0.1) is 0 Å². The van der Waals surface area contributed by atoms with E-state index in [-0.39, 0.29) is 0 Å². The second-order valence-corrected chi connectivity index (χ2v) is 6.93. The smallest absolute Gasteiger partial charge is 0.183 e. The van der Waals surface area contributed by atoms with Gasteiger partial charge in [-0.15, -0.1) is 0 Å². The van der Waals surface area contributed by atoms with E-state index in [0.717, 1.165) is 34.6 Å². The Morgan fingerprint density at radius 1 is 1.42 bits per heavy atom. The molecule has 5 heteroatoms. The van der Waals surface area contributed by atoms with Crippen molar-refractivity contribution in [2.24, 2.45) is 0 Å². The highest BCUT2D eigenvalue weighted by atomic mass is 79.9. The van der Waals surface area contributed by atoms with Crippen LogP contribution in [0.2, 0.25) is 0 Å². The summed E-state index contributed by atoms with van der Waals surface area (Å²) in [6.45, 7) is 6.52. The standard InChI is InChI=1S/C14H20BrN3S/c1-10(2)18(3)8-4-7-16-14-17-12-9-11(15)5-6-13(12)19-14/h5-6,9-10H,4,7-8H2,1-3H3,(H,16,17). The van der Waals surface area contributed by atoms with Crippen LogP contribution in [0.15, 0.2) is 22.7 Å². The molecule has 0 fully saturated rings. The van der Waals surface area contributed by atoms with Crippen LogP contribution in [-0.2, 0) is 0 Å². The van der Waals surface area contributed by atoms with Gasteiger partial charge < -0.3 is 10.2 Å². The number of hydrogen-bond donors (Lipinski definition) is 1. The van der Waals surface area contributed by atoms with E-state index in [1.807, 2.05) is 0 Å². The molecule has 0 atom stereocenters. The van der Waals surface area contributed by atoms with Crippen LogP contribution in [0.5, 0.6) is 0 Å². The van der Waals surface area contributed by atoms with Gasteiger partial charge in [0.05, 0.1) is 10.2 Å². The van der Waals surface area contributed by atoms with Crippen molar-refractivity contribution in [1.82, 2.24) is 9.88 Å². The zero-order valence-corrected chi connectivity index (χ0v) is 14.0. The first-order valence-corrected chi connectivity index (χ1v) is 8.17. The van der Waals surface area contributed by atoms with Gasteiger partial charge >= 0.3 is 0 Å². The maximum Gasteiger partial charge on any atom is 0.183 e. The van der Waals surface area contributed by atoms with E-state index in [0.29, 0.717) is 6.04 Å². The van der Waals surface area contributed by atoms with E-state index in [1.165, 1.54) is 4.70 Å². The fourth-order valence-electron chi connectivity index (χ4n) is 1.76. The molecule has 0 amide bonds. The van der Waals surface area contributed by atoms with Crippen molar-refractivity contribution in [2.75, 3.05) is 25.5 Å². The van der Waals surface area contributed by atoms with E-state index in [2.05, 4.69) is 70.2 Å². The Hall–Kier alpha value is -0.650. The number of anilines is 1. The largest absolute Gasteiger partial charge is 0.361 e. The highest BCUT2D eigenvalue weighted by Crippen LogP contribution is 2.27. The predicted molar refractivity (Wildman–Crippen MR) is 88.2 cm³/mol. The van der Waals surface area contributed by atoms with Gasteiger partial charge in [-0.2, -0.15) is 0 Å². The molecule has 104 valence electrons. The molecule has 0 bridgehead atoms. The highest BCUT2D eigenvalue weighted by Gasteiger charge is 2.05. The Balaban J connectivity index is 1.85. The molecule has 3 nitrogen and oxygen atoms in total. The lowest BCUT2D eigenvalue weighted by atomic mass is 10.3. The summed E-state index contributed by atoms with van der Waals surface area (Å²) in [5, 5.41) is 4.43. The highest BCUT2D eigenvalue weighted by molar-refractivity contribution is 9.10. The lowest BCUT2D eigenvalue weighted by Crippen LogP contribution is -2.28. The zero-order valence-electron chi connectivity index (χ0n) is 11.6. The summed E-state index contributed by atoms with van der Waals surface area (Å²) in [5.41, 5.74) is 1.06. The first-order valence-electron chi connectivity index (χ1n) is 6.56. The number of fused-ring (bicyclic) bond motifs is 1. The number of hydrogen-bond acceptors (Lipinski definition) is 4. The molecule has 2 rings (SSSR count). The summed E-state index contributed by atoms with van der Waals surface area (Å²) in [4.78, 5) is 6.95. The molecule has 0 unspecified atom stereocenters. The third-order valence-corrected chi connectivity index (χ3v) is 4.68. The van der Waals surface area contributed by atoms with Gasteiger partial charge in [0.25, 0.3) is 0 Å². The normalized spacial score (nSPS) is 11.7. The lowest BCUT2D eigenvalue weighted by molar-refractivity contribution is 0.273. The Morgan fingerprint density at radius 2 is 2.21 bits per heavy atom. The van der Waals surface area contributed by atoms with Gasteiger partial charge in [0.15, 0.2) is 5.13 Å². The molecule has 0 aliphatic rings. The number of benzene rings is 1. The Kier molecular flexibility index (Phi) is 5.19. The van der Waals surface area contributed by atoms with Crippen LogP contribution in [0.1, 0.15) is 20.3 Å². The minimum atomic E-state index is 0.611. The van der Waals surface area contributed by atoms with Crippen LogP contribution < -0.4 is 5.32 Å². The van der Waals surface area contributed by atoms with Crippen molar-refractivity contribution in [3.8, 4) is 0 Å². The predicted octanol–water partition coefficient (Wildman–Crippen LogP) is 4.20. The average Bonchev–Trinajstić information content (AvgIpc) is 2.75. The molecule has 0 spiro atoms. The SMILES string of the molecule is CC(C)N(C)CCCNc1nc2cc(Br)ccc2s1. The van der Waals surface area contributed by atoms with Crippen molar-refractivity contribution in [1.29, 1.82) is 0 Å². The van der Waals surface area contributed by atoms with Crippen LogP contribution in [0.25, 0.3) is 10.2 Å². The van der Waals surface area contributed by atoms with E-state index in [9.17, 15) is 0 Å². The van der Waals surface area contributed by atoms with Crippen molar-refractivity contribution >= 4 is 42.6 Å². The molecule has 0 aliphatic heterocycles. The summed E-state index contributed by atoms with van der Waals surface area (Å²) >= 11 is 5.19. The maximum atomic E-state index is 4.59. The molecule has 0 saturated heterocycles. The molecule has 1 heterocycles. The van der Waals surface area contributed by atoms with Crippen LogP contribution in [0.3, 0.4) is 0 Å². The number of nitrogens with zero attached hydrogens (tertiary/aromatic N) is 2. The number of halogens is 1. The van der Waals surface area contributed by atoms with Gasteiger partial charge in [0, 0.05) is 17.1 Å². The number of thiazole rings is 1. The Morgan fingerprint density at radius 3 is 2.95 bits per heavy atom. The van der Waals surface area contributed by atoms with Crippen LogP contribution in [-0.4, -0.2) is 36.1 Å². The van der Waals surface area contributed by atoms with Crippen molar-refractivity contribution in [2.45, 2.75) is 26.3 Å². The fraction of sp³-hybridized carbons (Fsp3) is 0.500. The number of rotatable bonds is 6. The quantitative estimate of drug-likeness (QED) is 0.798. The van der Waals surface area contributed by atoms with Crippen LogP contribution in [0.4, 0.5) is 5.13 Å². The Bertz CT molecular complexity index is 538. The molecule has 0 saturated carbocycles. The second-order valence-electron chi connectivity index (χ2n) is 4.99. The molecule has 0 aliphatic carbocycles. The van der Waals surface area contributed by atoms with Gasteiger partial charge in [0.1, 0.15) is 0 Å². The van der Waals surface area contributed by atoms with Crippen molar-refractivity contribution < 1.29 is 0 Å². The third-order valence-electron chi connectivity index (χ3n) is 3.19. The molecular weight excluding hydrogens is 322 g/mol. The summed E-state index contributed by atoms with van der Waals surface area (Å²) in [6.07, 6.45) is 1.13. The van der Waals surface area contributed by atoms with E-state index in [1.54, 1.807) is 11.3 Å². The molecule has 2 aromatic rings. The van der Waals surface area contributed by atoms with Gasteiger partial charge in [0.2, 0.25) is 0 Å². The summed E-state index contributed by atoms with van der Waals surface area (Å²) < 4.78 is 2.31. The van der Waals surface area contributed by atoms with E-state index < -0.39 is 0 Å². The minimum absolute atomic E-state index is 0.611. The van der Waals surface area contributed by atoms with E-state index in [4.69, 9.17) is 0 Å². The average molecular weight is 342 g/mol. The molecular formula is C14H20BrN3S. The summed E-state index contributed by atoms with van der Waals surface area (Å²) in [6, 6.07) is 6.83. The lowest BCUT2D eigenvalue weighted by Gasteiger charge is -2.20. The topological polar surface area (TPSA) is 28.2 Å². The van der Waals surface area contributed by atoms with Gasteiger partial charge in [-0.05, 0) is 52.1 Å². The minimum Gasteiger partial charge on any atom is -0.361 e. The first-order chi connectivity index (χ1) is 9.06. The molecule has 19 heavy (non-hydrogen) atoms.